The number of thioether (sulfide) groups is 1. The molecular weight excluding hydrogens is 430 g/mol. The van der Waals surface area contributed by atoms with Crippen LogP contribution in [-0.4, -0.2) is 65.2 Å². The van der Waals surface area contributed by atoms with E-state index in [0.29, 0.717) is 35.0 Å². The molecule has 8 nitrogen and oxygen atoms in total. The first-order chi connectivity index (χ1) is 14.2. The number of aliphatic carboxylic acids is 1. The van der Waals surface area contributed by atoms with Crippen LogP contribution < -0.4 is 11.1 Å². The van der Waals surface area contributed by atoms with Crippen LogP contribution in [0.3, 0.4) is 0 Å². The maximum absolute atomic E-state index is 12.6. The molecule has 0 radical (unpaired) electrons. The van der Waals surface area contributed by atoms with E-state index in [-0.39, 0.29) is 17.7 Å². The van der Waals surface area contributed by atoms with Gasteiger partial charge in [-0.3, -0.25) is 9.69 Å². The van der Waals surface area contributed by atoms with Gasteiger partial charge in [0.15, 0.2) is 0 Å². The van der Waals surface area contributed by atoms with Crippen LogP contribution in [0.1, 0.15) is 24.9 Å². The molecule has 4 N–H and O–H groups in total. The largest absolute Gasteiger partial charge is 0.478 e. The summed E-state index contributed by atoms with van der Waals surface area (Å²) in [5.74, 6) is -1.49. The molecule has 1 amide bonds. The lowest BCUT2D eigenvalue weighted by Crippen LogP contribution is -2.43. The number of carboxylic acids is 1. The minimum Gasteiger partial charge on any atom is -0.478 e. The molecule has 1 aromatic carbocycles. The molecular formula is C20H26ClN3O5S. The summed E-state index contributed by atoms with van der Waals surface area (Å²) < 4.78 is 4.99. The smallest absolute Gasteiger partial charge is 0.328 e. The van der Waals surface area contributed by atoms with Crippen molar-refractivity contribution in [3.05, 3.63) is 46.5 Å². The molecule has 3 atom stereocenters. The molecule has 2 unspecified atom stereocenters. The van der Waals surface area contributed by atoms with Gasteiger partial charge in [0.2, 0.25) is 5.91 Å². The highest BCUT2D eigenvalue weighted by molar-refractivity contribution is 8.00. The zero-order valence-electron chi connectivity index (χ0n) is 16.8. The summed E-state index contributed by atoms with van der Waals surface area (Å²) in [6.07, 6.45) is 1.76. The molecule has 30 heavy (non-hydrogen) atoms. The van der Waals surface area contributed by atoms with Crippen molar-refractivity contribution in [3.63, 3.8) is 0 Å². The number of rotatable bonds is 8. The number of benzene rings is 1. The third-order valence-corrected chi connectivity index (χ3v) is 6.32. The first-order valence-corrected chi connectivity index (χ1v) is 10.8. The SMILES string of the molecule is COC(=O)[C@H](c1ccccc1Cl)N1CCC(SCNC(=O)C(C)N)/C(=C/C(=O)O)C1. The third kappa shape index (κ3) is 6.46. The second-order valence-electron chi connectivity index (χ2n) is 6.89. The number of likely N-dealkylation sites (tertiary alicyclic amines) is 1. The van der Waals surface area contributed by atoms with Gasteiger partial charge in [0.25, 0.3) is 0 Å². The van der Waals surface area contributed by atoms with Crippen LogP contribution in [-0.2, 0) is 19.1 Å². The van der Waals surface area contributed by atoms with Gasteiger partial charge in [-0.05, 0) is 30.5 Å². The normalized spacial score (nSPS) is 20.4. The highest BCUT2D eigenvalue weighted by Crippen LogP contribution is 2.35. The number of esters is 1. The van der Waals surface area contributed by atoms with Crippen LogP contribution in [0.4, 0.5) is 0 Å². The van der Waals surface area contributed by atoms with Crippen LogP contribution in [0, 0.1) is 0 Å². The van der Waals surface area contributed by atoms with Crippen molar-refractivity contribution in [1.82, 2.24) is 10.2 Å². The molecule has 1 aliphatic heterocycles. The first-order valence-electron chi connectivity index (χ1n) is 9.39. The number of amides is 1. The maximum atomic E-state index is 12.6. The van der Waals surface area contributed by atoms with E-state index in [9.17, 15) is 19.5 Å². The summed E-state index contributed by atoms with van der Waals surface area (Å²) >= 11 is 7.75. The Morgan fingerprint density at radius 2 is 2.13 bits per heavy atom. The molecule has 0 aromatic heterocycles. The Morgan fingerprint density at radius 1 is 1.43 bits per heavy atom. The molecule has 0 saturated carbocycles. The Hall–Kier alpha value is -2.07. The number of carbonyl (C=O) groups excluding carboxylic acids is 2. The maximum Gasteiger partial charge on any atom is 0.328 e. The van der Waals surface area contributed by atoms with Crippen molar-refractivity contribution in [2.75, 3.05) is 26.1 Å². The molecule has 1 heterocycles. The molecule has 1 saturated heterocycles. The lowest BCUT2D eigenvalue weighted by atomic mass is 9.98. The molecule has 0 aliphatic carbocycles. The molecule has 1 aromatic rings. The monoisotopic (exact) mass is 455 g/mol. The van der Waals surface area contributed by atoms with Gasteiger partial charge in [-0.1, -0.05) is 29.8 Å². The first kappa shape index (κ1) is 24.2. The van der Waals surface area contributed by atoms with Crippen molar-refractivity contribution >= 4 is 41.2 Å². The molecule has 1 fully saturated rings. The van der Waals surface area contributed by atoms with Gasteiger partial charge in [-0.25, -0.2) is 9.59 Å². The Labute approximate surface area is 184 Å². The van der Waals surface area contributed by atoms with Gasteiger partial charge in [-0.2, -0.15) is 0 Å². The van der Waals surface area contributed by atoms with Gasteiger partial charge in [0, 0.05) is 29.4 Å². The fourth-order valence-corrected chi connectivity index (χ4v) is 4.54. The lowest BCUT2D eigenvalue weighted by Gasteiger charge is -2.38. The second kappa shape index (κ2) is 11.4. The summed E-state index contributed by atoms with van der Waals surface area (Å²) in [6, 6.07) is 5.66. The third-order valence-electron chi connectivity index (χ3n) is 4.72. The molecule has 1 aliphatic rings. The van der Waals surface area contributed by atoms with E-state index < -0.39 is 24.0 Å². The Kier molecular flexibility index (Phi) is 9.16. The Bertz CT molecular complexity index is 817. The van der Waals surface area contributed by atoms with Crippen LogP contribution in [0.25, 0.3) is 0 Å². The number of halogens is 1. The number of piperidine rings is 1. The van der Waals surface area contributed by atoms with Crippen LogP contribution in [0.2, 0.25) is 5.02 Å². The summed E-state index contributed by atoms with van der Waals surface area (Å²) in [5.41, 5.74) is 6.79. The van der Waals surface area contributed by atoms with E-state index in [1.165, 1.54) is 18.9 Å². The second-order valence-corrected chi connectivity index (χ2v) is 8.49. The molecule has 10 heteroatoms. The number of nitrogens with zero attached hydrogens (tertiary/aromatic N) is 1. The van der Waals surface area contributed by atoms with Crippen molar-refractivity contribution in [3.8, 4) is 0 Å². The molecule has 0 spiro atoms. The van der Waals surface area contributed by atoms with Crippen molar-refractivity contribution in [1.29, 1.82) is 0 Å². The van der Waals surface area contributed by atoms with Crippen LogP contribution in [0.5, 0.6) is 0 Å². The predicted octanol–water partition coefficient (Wildman–Crippen LogP) is 1.79. The molecule has 2 rings (SSSR count). The number of nitrogens with two attached hydrogens (primary N) is 1. The number of carboxylic acid groups (broad SMARTS) is 1. The van der Waals surface area contributed by atoms with Crippen molar-refractivity contribution < 1.29 is 24.2 Å². The van der Waals surface area contributed by atoms with E-state index >= 15 is 0 Å². The van der Waals surface area contributed by atoms with Gasteiger partial charge in [-0.15, -0.1) is 11.8 Å². The number of methoxy groups -OCH3 is 1. The summed E-state index contributed by atoms with van der Waals surface area (Å²) in [6.45, 7) is 2.38. The lowest BCUT2D eigenvalue weighted by molar-refractivity contribution is -0.147. The zero-order chi connectivity index (χ0) is 22.3. The average molecular weight is 456 g/mol. The fourth-order valence-electron chi connectivity index (χ4n) is 3.25. The van der Waals surface area contributed by atoms with E-state index in [0.717, 1.165) is 6.08 Å². The van der Waals surface area contributed by atoms with E-state index in [2.05, 4.69) is 5.32 Å². The standard InChI is InChI=1S/C20H26ClN3O5S/c1-12(22)19(27)23-11-30-16-7-8-24(10-13(16)9-17(25)26)18(20(28)29-2)14-5-3-4-6-15(14)21/h3-6,9,12,16,18H,7-8,10-11,22H2,1-2H3,(H,23,27)(H,25,26)/b13-9+/t12?,16?,18-/m0/s1. The minimum absolute atomic E-state index is 0.115. The van der Waals surface area contributed by atoms with Gasteiger partial charge in [0.05, 0.1) is 19.0 Å². The highest BCUT2D eigenvalue weighted by atomic mass is 35.5. The van der Waals surface area contributed by atoms with Gasteiger partial charge >= 0.3 is 11.9 Å². The fraction of sp³-hybridized carbons (Fsp3) is 0.450. The number of nitrogens with one attached hydrogen (secondary N) is 1. The van der Waals surface area contributed by atoms with Gasteiger partial charge in [0.1, 0.15) is 6.04 Å². The molecule has 0 bridgehead atoms. The Morgan fingerprint density at radius 3 is 2.73 bits per heavy atom. The predicted molar refractivity (Wildman–Crippen MR) is 116 cm³/mol. The minimum atomic E-state index is -1.07. The average Bonchev–Trinajstić information content (AvgIpc) is 2.70. The number of carbonyl (C=O) groups is 3. The summed E-state index contributed by atoms with van der Waals surface area (Å²) in [4.78, 5) is 37.4. The van der Waals surface area contributed by atoms with Crippen LogP contribution in [0.15, 0.2) is 35.9 Å². The van der Waals surface area contributed by atoms with Crippen molar-refractivity contribution in [2.45, 2.75) is 30.7 Å². The number of hydrogen-bond donors (Lipinski definition) is 3. The number of ether oxygens (including phenoxy) is 1. The van der Waals surface area contributed by atoms with E-state index in [1.54, 1.807) is 31.2 Å². The van der Waals surface area contributed by atoms with Crippen molar-refractivity contribution in [2.24, 2.45) is 5.73 Å². The Balaban J connectivity index is 2.20. The summed E-state index contributed by atoms with van der Waals surface area (Å²) in [7, 11) is 1.31. The van der Waals surface area contributed by atoms with Gasteiger partial charge < -0.3 is 20.9 Å². The topological polar surface area (TPSA) is 122 Å². The van der Waals surface area contributed by atoms with Crippen LogP contribution >= 0.6 is 23.4 Å². The quantitative estimate of drug-likeness (QED) is 0.308. The number of hydrogen-bond acceptors (Lipinski definition) is 7. The highest BCUT2D eigenvalue weighted by Gasteiger charge is 2.35. The summed E-state index contributed by atoms with van der Waals surface area (Å²) in [5, 5.41) is 12.3. The molecule has 164 valence electrons. The van der Waals surface area contributed by atoms with E-state index in [1.807, 2.05) is 4.90 Å². The van der Waals surface area contributed by atoms with E-state index in [4.69, 9.17) is 22.1 Å². The zero-order valence-corrected chi connectivity index (χ0v) is 18.4.